The van der Waals surface area contributed by atoms with E-state index >= 15 is 0 Å². The number of aromatic nitrogens is 6. The van der Waals surface area contributed by atoms with Gasteiger partial charge in [-0.3, -0.25) is 0 Å². The molecular weight excluding hydrogens is 404 g/mol. The Labute approximate surface area is 185 Å². The van der Waals surface area contributed by atoms with Gasteiger partial charge in [-0.15, -0.1) is 0 Å². The fourth-order valence-electron chi connectivity index (χ4n) is 4.97. The molecule has 0 radical (unpaired) electrons. The minimum Gasteiger partial charge on any atom is -0.372 e. The van der Waals surface area contributed by atoms with Crippen LogP contribution in [-0.2, 0) is 6.54 Å². The summed E-state index contributed by atoms with van der Waals surface area (Å²) < 4.78 is 1.73. The van der Waals surface area contributed by atoms with Crippen LogP contribution in [0, 0.1) is 5.41 Å². The van der Waals surface area contributed by atoms with Crippen molar-refractivity contribution in [3.05, 3.63) is 43.1 Å². The van der Waals surface area contributed by atoms with E-state index in [0.717, 1.165) is 46.7 Å². The summed E-state index contributed by atoms with van der Waals surface area (Å²) in [6, 6.07) is 5.73. The lowest BCUT2D eigenvalue weighted by molar-refractivity contribution is 0.0951. The van der Waals surface area contributed by atoms with Gasteiger partial charge in [-0.1, -0.05) is 6.42 Å². The average Bonchev–Trinajstić information content (AvgIpc) is 3.20. The molecule has 1 aliphatic heterocycles. The zero-order valence-corrected chi connectivity index (χ0v) is 17.9. The van der Waals surface area contributed by atoms with Crippen molar-refractivity contribution >= 4 is 33.6 Å². The van der Waals surface area contributed by atoms with Crippen LogP contribution in [0.3, 0.4) is 0 Å². The van der Waals surface area contributed by atoms with Crippen LogP contribution in [0.5, 0.6) is 0 Å². The molecule has 9 nitrogen and oxygen atoms in total. The largest absolute Gasteiger partial charge is 0.372 e. The molecule has 2 aliphatic rings. The lowest BCUT2D eigenvalue weighted by Crippen LogP contribution is -2.44. The number of aliphatic hydroxyl groups is 1. The van der Waals surface area contributed by atoms with Crippen molar-refractivity contribution in [2.75, 3.05) is 23.3 Å². The summed E-state index contributed by atoms with van der Waals surface area (Å²) in [6.07, 6.45) is 12.6. The number of benzene rings is 1. The number of anilines is 2. The van der Waals surface area contributed by atoms with Gasteiger partial charge < -0.3 is 15.3 Å². The lowest BCUT2D eigenvalue weighted by Gasteiger charge is -2.47. The number of nitrogens with zero attached hydrogens (tertiary/aromatic N) is 7. The fraction of sp³-hybridized carbons (Fsp3) is 0.435. The molecule has 0 amide bonds. The summed E-state index contributed by atoms with van der Waals surface area (Å²) >= 11 is 0. The van der Waals surface area contributed by atoms with E-state index in [1.165, 1.54) is 38.4 Å². The van der Waals surface area contributed by atoms with Crippen LogP contribution in [-0.4, -0.2) is 54.1 Å². The van der Waals surface area contributed by atoms with Crippen LogP contribution in [0.15, 0.2) is 43.1 Å². The Morgan fingerprint density at radius 2 is 1.91 bits per heavy atom. The van der Waals surface area contributed by atoms with Gasteiger partial charge >= 0.3 is 0 Å². The van der Waals surface area contributed by atoms with Gasteiger partial charge in [-0.25, -0.2) is 19.6 Å². The van der Waals surface area contributed by atoms with E-state index in [1.807, 2.05) is 24.4 Å². The molecule has 0 bridgehead atoms. The van der Waals surface area contributed by atoms with Crippen LogP contribution in [0.1, 0.15) is 32.1 Å². The molecule has 1 atom stereocenters. The van der Waals surface area contributed by atoms with Crippen LogP contribution in [0.25, 0.3) is 21.9 Å². The molecule has 9 heteroatoms. The molecule has 6 rings (SSSR count). The van der Waals surface area contributed by atoms with Gasteiger partial charge in [0.2, 0.25) is 5.95 Å². The molecule has 4 heterocycles. The van der Waals surface area contributed by atoms with Crippen LogP contribution in [0.4, 0.5) is 11.6 Å². The predicted molar refractivity (Wildman–Crippen MR) is 122 cm³/mol. The smallest absolute Gasteiger partial charge is 0.227 e. The van der Waals surface area contributed by atoms with Crippen molar-refractivity contribution in [3.63, 3.8) is 0 Å². The topological polar surface area (TPSA) is 105 Å². The normalized spacial score (nSPS) is 18.7. The van der Waals surface area contributed by atoms with E-state index < -0.39 is 6.23 Å². The third-order valence-corrected chi connectivity index (χ3v) is 7.07. The standard InChI is InChI=1S/C23H26N8O/c32-20(28-18-3-2-16-11-24-15-26-19(16)10-18)14-31-21-17(13-27-31)12-25-22(29-21)30-8-6-23(7-9-30)4-1-5-23/h2-3,10-13,15,20,28,32H,1,4-9,14H2. The third kappa shape index (κ3) is 3.52. The van der Waals surface area contributed by atoms with E-state index in [4.69, 9.17) is 4.98 Å². The molecule has 2 fully saturated rings. The molecule has 1 saturated heterocycles. The monoisotopic (exact) mass is 430 g/mol. The maximum Gasteiger partial charge on any atom is 0.227 e. The Kier molecular flexibility index (Phi) is 4.64. The van der Waals surface area contributed by atoms with Gasteiger partial charge in [0.15, 0.2) is 5.65 Å². The van der Waals surface area contributed by atoms with Gasteiger partial charge in [0.05, 0.1) is 23.6 Å². The van der Waals surface area contributed by atoms with E-state index in [-0.39, 0.29) is 6.54 Å². The number of hydrogen-bond donors (Lipinski definition) is 2. The van der Waals surface area contributed by atoms with E-state index in [2.05, 4.69) is 30.3 Å². The molecule has 2 N–H and O–H groups in total. The van der Waals surface area contributed by atoms with Gasteiger partial charge in [-0.05, 0) is 49.3 Å². The Morgan fingerprint density at radius 3 is 2.72 bits per heavy atom. The maximum atomic E-state index is 10.7. The van der Waals surface area contributed by atoms with E-state index in [0.29, 0.717) is 5.41 Å². The SMILES string of the molecule is OC(Cn1ncc2cnc(N3CCC4(CCC4)CC3)nc21)Nc1ccc2cncnc2c1. The van der Waals surface area contributed by atoms with Gasteiger partial charge in [-0.2, -0.15) is 10.1 Å². The Hall–Kier alpha value is -3.33. The summed E-state index contributed by atoms with van der Waals surface area (Å²) in [6.45, 7) is 2.29. The number of nitrogens with one attached hydrogen (secondary N) is 1. The highest BCUT2D eigenvalue weighted by Crippen LogP contribution is 2.49. The fourth-order valence-corrected chi connectivity index (χ4v) is 4.97. The first-order chi connectivity index (χ1) is 15.7. The van der Waals surface area contributed by atoms with Gasteiger partial charge in [0.1, 0.15) is 12.6 Å². The summed E-state index contributed by atoms with van der Waals surface area (Å²) in [5.74, 6) is 0.755. The lowest BCUT2D eigenvalue weighted by atomic mass is 9.63. The van der Waals surface area contributed by atoms with Gasteiger partial charge in [0.25, 0.3) is 0 Å². The van der Waals surface area contributed by atoms with Crippen molar-refractivity contribution in [2.24, 2.45) is 5.41 Å². The summed E-state index contributed by atoms with van der Waals surface area (Å²) in [4.78, 5) is 20.0. The second-order valence-electron chi connectivity index (χ2n) is 9.07. The number of fused-ring (bicyclic) bond motifs is 2. The van der Waals surface area contributed by atoms with E-state index in [1.54, 1.807) is 17.1 Å². The third-order valence-electron chi connectivity index (χ3n) is 7.07. The van der Waals surface area contributed by atoms with Crippen molar-refractivity contribution in [1.82, 2.24) is 29.7 Å². The first-order valence-electron chi connectivity index (χ1n) is 11.3. The van der Waals surface area contributed by atoms with Crippen molar-refractivity contribution in [1.29, 1.82) is 0 Å². The Balaban J connectivity index is 1.17. The second-order valence-corrected chi connectivity index (χ2v) is 9.07. The van der Waals surface area contributed by atoms with Crippen LogP contribution >= 0.6 is 0 Å². The van der Waals surface area contributed by atoms with E-state index in [9.17, 15) is 5.11 Å². The Morgan fingerprint density at radius 1 is 1.03 bits per heavy atom. The van der Waals surface area contributed by atoms with Crippen molar-refractivity contribution in [2.45, 2.75) is 44.9 Å². The van der Waals surface area contributed by atoms with Crippen LogP contribution < -0.4 is 10.2 Å². The maximum absolute atomic E-state index is 10.7. The predicted octanol–water partition coefficient (Wildman–Crippen LogP) is 2.97. The quantitative estimate of drug-likeness (QED) is 0.466. The molecule has 32 heavy (non-hydrogen) atoms. The Bertz CT molecular complexity index is 1260. The molecule has 164 valence electrons. The molecule has 1 saturated carbocycles. The molecule has 3 aromatic heterocycles. The number of piperidine rings is 1. The average molecular weight is 431 g/mol. The molecule has 1 aliphatic carbocycles. The zero-order chi connectivity index (χ0) is 21.5. The molecule has 1 unspecified atom stereocenters. The first kappa shape index (κ1) is 19.4. The minimum atomic E-state index is -0.829. The van der Waals surface area contributed by atoms with Crippen LogP contribution in [0.2, 0.25) is 0 Å². The van der Waals surface area contributed by atoms with Gasteiger partial charge in [0, 0.05) is 36.6 Å². The molecular formula is C23H26N8O. The molecule has 1 spiro atoms. The number of aliphatic hydroxyl groups excluding tert-OH is 1. The highest BCUT2D eigenvalue weighted by atomic mass is 16.3. The zero-order valence-electron chi connectivity index (χ0n) is 17.9. The van der Waals surface area contributed by atoms with Crippen molar-refractivity contribution in [3.8, 4) is 0 Å². The summed E-state index contributed by atoms with van der Waals surface area (Å²) in [7, 11) is 0. The number of hydrogen-bond acceptors (Lipinski definition) is 8. The second kappa shape index (κ2) is 7.67. The first-order valence-corrected chi connectivity index (χ1v) is 11.3. The molecule has 1 aromatic carbocycles. The van der Waals surface area contributed by atoms with Crippen molar-refractivity contribution < 1.29 is 5.11 Å². The summed E-state index contributed by atoms with van der Waals surface area (Å²) in [5.41, 5.74) is 2.94. The highest BCUT2D eigenvalue weighted by molar-refractivity contribution is 5.81. The molecule has 4 aromatic rings. The minimum absolute atomic E-state index is 0.269. The summed E-state index contributed by atoms with van der Waals surface area (Å²) in [5, 5.41) is 20.0. The number of rotatable bonds is 5. The highest BCUT2D eigenvalue weighted by Gasteiger charge is 2.39.